The Morgan fingerprint density at radius 1 is 1.34 bits per heavy atom. The van der Waals surface area contributed by atoms with Crippen molar-refractivity contribution >= 4 is 34.4 Å². The fraction of sp³-hybridized carbons (Fsp3) is 0.364. The first-order valence-electron chi connectivity index (χ1n) is 10.6. The molecule has 9 nitrogen and oxygen atoms in total. The van der Waals surface area contributed by atoms with E-state index in [9.17, 15) is 4.79 Å². The van der Waals surface area contributed by atoms with Gasteiger partial charge in [0, 0.05) is 47.5 Å². The Morgan fingerprint density at radius 3 is 3.06 bits per heavy atom. The fourth-order valence-electron chi connectivity index (χ4n) is 3.87. The van der Waals surface area contributed by atoms with Crippen LogP contribution in [-0.4, -0.2) is 49.3 Å². The number of aryl methyl sites for hydroxylation is 1. The molecule has 0 bridgehead atoms. The predicted octanol–water partition coefficient (Wildman–Crippen LogP) is 4.02. The van der Waals surface area contributed by atoms with E-state index in [0.717, 1.165) is 46.9 Å². The first kappa shape index (κ1) is 20.8. The van der Waals surface area contributed by atoms with Crippen LogP contribution in [0, 0.1) is 6.92 Å². The van der Waals surface area contributed by atoms with E-state index in [1.54, 1.807) is 13.0 Å². The number of rotatable bonds is 8. The Kier molecular flexibility index (Phi) is 5.95. The smallest absolute Gasteiger partial charge is 0.226 e. The van der Waals surface area contributed by atoms with Crippen LogP contribution in [0.5, 0.6) is 0 Å². The molecule has 32 heavy (non-hydrogen) atoms. The molecule has 1 fully saturated rings. The highest BCUT2D eigenvalue weighted by Crippen LogP contribution is 2.31. The molecule has 1 saturated heterocycles. The second-order valence-electron chi connectivity index (χ2n) is 7.77. The Balaban J connectivity index is 1.33. The van der Waals surface area contributed by atoms with Gasteiger partial charge in [-0.1, -0.05) is 35.1 Å². The number of fused-ring (bicyclic) bond motifs is 1. The summed E-state index contributed by atoms with van der Waals surface area (Å²) in [5.74, 6) is 2.35. The lowest BCUT2D eigenvalue weighted by Gasteiger charge is -2.14. The monoisotopic (exact) mass is 452 g/mol. The number of anilines is 1. The molecule has 4 aromatic rings. The van der Waals surface area contributed by atoms with E-state index in [2.05, 4.69) is 36.3 Å². The minimum atomic E-state index is -0.118. The highest BCUT2D eigenvalue weighted by molar-refractivity contribution is 7.99. The second-order valence-corrected chi connectivity index (χ2v) is 8.83. The van der Waals surface area contributed by atoms with Gasteiger partial charge < -0.3 is 19.6 Å². The van der Waals surface area contributed by atoms with E-state index in [1.807, 2.05) is 24.4 Å². The summed E-state index contributed by atoms with van der Waals surface area (Å²) in [7, 11) is 0. The maximum absolute atomic E-state index is 12.2. The van der Waals surface area contributed by atoms with Crippen LogP contribution in [0.4, 0.5) is 5.82 Å². The number of H-pyrrole nitrogens is 1. The number of nitrogens with one attached hydrogen (secondary N) is 2. The van der Waals surface area contributed by atoms with Crippen LogP contribution < -0.4 is 5.32 Å². The van der Waals surface area contributed by atoms with Crippen LogP contribution in [-0.2, 0) is 16.1 Å². The number of carbonyl (C=O) groups is 1. The lowest BCUT2D eigenvalue weighted by Crippen LogP contribution is -2.17. The van der Waals surface area contributed by atoms with Crippen LogP contribution in [0.25, 0.3) is 22.3 Å². The van der Waals surface area contributed by atoms with Gasteiger partial charge in [0.05, 0.1) is 12.6 Å². The molecular formula is C22H24N6O3S. The normalized spacial score (nSPS) is 16.1. The molecule has 166 valence electrons. The van der Waals surface area contributed by atoms with Crippen LogP contribution >= 0.6 is 11.8 Å². The largest absolute Gasteiger partial charge is 0.376 e. The molecule has 1 unspecified atom stereocenters. The molecule has 10 heteroatoms. The molecule has 1 aromatic carbocycles. The molecule has 0 spiro atoms. The third kappa shape index (κ3) is 4.42. The Bertz CT molecular complexity index is 1220. The predicted molar refractivity (Wildman–Crippen MR) is 121 cm³/mol. The summed E-state index contributed by atoms with van der Waals surface area (Å²) in [6.07, 6.45) is 4.54. The number of ether oxygens (including phenoxy) is 1. The van der Waals surface area contributed by atoms with Crippen molar-refractivity contribution in [2.24, 2.45) is 0 Å². The number of hydrogen-bond acceptors (Lipinski definition) is 7. The van der Waals surface area contributed by atoms with Gasteiger partial charge in [0.25, 0.3) is 0 Å². The van der Waals surface area contributed by atoms with E-state index in [0.29, 0.717) is 30.3 Å². The minimum Gasteiger partial charge on any atom is -0.376 e. The zero-order valence-electron chi connectivity index (χ0n) is 17.7. The van der Waals surface area contributed by atoms with Crippen molar-refractivity contribution in [3.8, 4) is 11.4 Å². The number of benzene rings is 1. The van der Waals surface area contributed by atoms with Gasteiger partial charge in [0.15, 0.2) is 16.8 Å². The Morgan fingerprint density at radius 2 is 2.25 bits per heavy atom. The zero-order valence-corrected chi connectivity index (χ0v) is 18.5. The number of nitrogens with zero attached hydrogens (tertiary/aromatic N) is 4. The molecule has 1 aliphatic heterocycles. The summed E-state index contributed by atoms with van der Waals surface area (Å²) < 4.78 is 13.0. The van der Waals surface area contributed by atoms with Crippen molar-refractivity contribution in [1.82, 2.24) is 24.9 Å². The third-order valence-corrected chi connectivity index (χ3v) is 6.38. The molecule has 5 rings (SSSR count). The summed E-state index contributed by atoms with van der Waals surface area (Å²) >= 11 is 1.52. The van der Waals surface area contributed by atoms with Crippen molar-refractivity contribution in [2.75, 3.05) is 17.7 Å². The van der Waals surface area contributed by atoms with E-state index < -0.39 is 0 Å². The average molecular weight is 453 g/mol. The Hall–Kier alpha value is -3.11. The summed E-state index contributed by atoms with van der Waals surface area (Å²) in [5.41, 5.74) is 2.07. The van der Waals surface area contributed by atoms with Gasteiger partial charge in [-0.05, 0) is 25.8 Å². The summed E-state index contributed by atoms with van der Waals surface area (Å²) in [5, 5.41) is 17.4. The number of para-hydroxylation sites is 1. The third-order valence-electron chi connectivity index (χ3n) is 5.41. The molecule has 1 atom stereocenters. The van der Waals surface area contributed by atoms with E-state index in [4.69, 9.17) is 9.26 Å². The first-order chi connectivity index (χ1) is 15.7. The van der Waals surface area contributed by atoms with Crippen molar-refractivity contribution in [3.63, 3.8) is 0 Å². The lowest BCUT2D eigenvalue weighted by atomic mass is 10.1. The van der Waals surface area contributed by atoms with Gasteiger partial charge in [-0.25, -0.2) is 0 Å². The van der Waals surface area contributed by atoms with Gasteiger partial charge >= 0.3 is 0 Å². The van der Waals surface area contributed by atoms with Crippen LogP contribution in [0.15, 0.2) is 46.2 Å². The number of amides is 1. The van der Waals surface area contributed by atoms with Crippen LogP contribution in [0.3, 0.4) is 0 Å². The van der Waals surface area contributed by atoms with Gasteiger partial charge in [-0.2, -0.15) is 0 Å². The summed E-state index contributed by atoms with van der Waals surface area (Å²) in [4.78, 5) is 15.6. The van der Waals surface area contributed by atoms with Crippen molar-refractivity contribution in [1.29, 1.82) is 0 Å². The quantitative estimate of drug-likeness (QED) is 0.388. The SMILES string of the molecule is Cc1cc(NC(=O)CCSc2nnc(-c3c[nH]c4ccccc34)n2CC2CCCO2)no1. The molecule has 2 N–H and O–H groups in total. The Labute approximate surface area is 188 Å². The first-order valence-corrected chi connectivity index (χ1v) is 11.6. The minimum absolute atomic E-state index is 0.118. The highest BCUT2D eigenvalue weighted by Gasteiger charge is 2.23. The van der Waals surface area contributed by atoms with Gasteiger partial charge in [-0.15, -0.1) is 10.2 Å². The topological polar surface area (TPSA) is 111 Å². The number of aromatic nitrogens is 5. The number of carbonyl (C=O) groups excluding carboxylic acids is 1. The maximum atomic E-state index is 12.2. The number of hydrogen-bond donors (Lipinski definition) is 2. The van der Waals surface area contributed by atoms with E-state index in [1.165, 1.54) is 11.8 Å². The zero-order chi connectivity index (χ0) is 21.9. The molecule has 1 amide bonds. The van der Waals surface area contributed by atoms with Crippen molar-refractivity contribution in [2.45, 2.75) is 44.0 Å². The summed E-state index contributed by atoms with van der Waals surface area (Å²) in [6.45, 7) is 3.26. The second kappa shape index (κ2) is 9.17. The molecule has 0 radical (unpaired) electrons. The van der Waals surface area contributed by atoms with Crippen molar-refractivity contribution < 1.29 is 14.1 Å². The maximum Gasteiger partial charge on any atom is 0.226 e. The molecule has 0 saturated carbocycles. The average Bonchev–Trinajstić information content (AvgIpc) is 3.57. The van der Waals surface area contributed by atoms with Crippen molar-refractivity contribution in [3.05, 3.63) is 42.3 Å². The molecule has 0 aliphatic carbocycles. The standard InChI is InChI=1S/C22H24N6O3S/c1-14-11-19(27-31-14)24-20(29)8-10-32-22-26-25-21(28(22)13-15-5-4-9-30-15)17-12-23-18-7-3-2-6-16(17)18/h2-3,6-7,11-12,15,23H,4-5,8-10,13H2,1H3,(H,24,27,29). The van der Waals surface area contributed by atoms with E-state index >= 15 is 0 Å². The lowest BCUT2D eigenvalue weighted by molar-refractivity contribution is -0.115. The number of aromatic amines is 1. The molecule has 3 aromatic heterocycles. The summed E-state index contributed by atoms with van der Waals surface area (Å²) in [6, 6.07) is 9.84. The molecule has 1 aliphatic rings. The molecule has 4 heterocycles. The van der Waals surface area contributed by atoms with E-state index in [-0.39, 0.29) is 12.0 Å². The van der Waals surface area contributed by atoms with Gasteiger partial charge in [-0.3, -0.25) is 9.36 Å². The van der Waals surface area contributed by atoms with Crippen LogP contribution in [0.2, 0.25) is 0 Å². The van der Waals surface area contributed by atoms with Gasteiger partial charge in [0.2, 0.25) is 5.91 Å². The molecular weight excluding hydrogens is 428 g/mol. The number of thioether (sulfide) groups is 1. The highest BCUT2D eigenvalue weighted by atomic mass is 32.2. The fourth-order valence-corrected chi connectivity index (χ4v) is 4.76. The van der Waals surface area contributed by atoms with Gasteiger partial charge in [0.1, 0.15) is 5.76 Å². The van der Waals surface area contributed by atoms with Crippen LogP contribution in [0.1, 0.15) is 25.0 Å².